The molecule has 0 atom stereocenters. The van der Waals surface area contributed by atoms with Crippen molar-refractivity contribution in [3.63, 3.8) is 0 Å². The van der Waals surface area contributed by atoms with Crippen molar-refractivity contribution in [2.24, 2.45) is 5.41 Å². The van der Waals surface area contributed by atoms with Crippen LogP contribution in [-0.2, 0) is 11.3 Å². The van der Waals surface area contributed by atoms with Crippen LogP contribution < -0.4 is 0 Å². The number of nitrogens with zero attached hydrogens (tertiary/aromatic N) is 2. The molecule has 1 N–H and O–H groups in total. The minimum atomic E-state index is -0.694. The zero-order chi connectivity index (χ0) is 9.47. The van der Waals surface area contributed by atoms with Crippen LogP contribution in [0, 0.1) is 12.3 Å². The van der Waals surface area contributed by atoms with Gasteiger partial charge in [-0.15, -0.1) is 0 Å². The lowest BCUT2D eigenvalue weighted by Crippen LogP contribution is -2.21. The van der Waals surface area contributed by atoms with E-state index < -0.39 is 11.4 Å². The Bertz CT molecular complexity index is 339. The SMILES string of the molecule is Cc1cnn(CC2(C(=O)O)CC2)c1. The molecule has 0 radical (unpaired) electrons. The molecule has 0 spiro atoms. The lowest BCUT2D eigenvalue weighted by molar-refractivity contribution is -0.144. The summed E-state index contributed by atoms with van der Waals surface area (Å²) in [5, 5.41) is 13.0. The molecule has 1 heterocycles. The highest BCUT2D eigenvalue weighted by Crippen LogP contribution is 2.47. The van der Waals surface area contributed by atoms with Gasteiger partial charge < -0.3 is 5.11 Å². The predicted molar refractivity (Wildman–Crippen MR) is 46.3 cm³/mol. The fourth-order valence-electron chi connectivity index (χ4n) is 1.45. The molecule has 4 nitrogen and oxygen atoms in total. The predicted octanol–water partition coefficient (Wildman–Crippen LogP) is 1.06. The number of carboxylic acid groups (broad SMARTS) is 1. The number of aryl methyl sites for hydroxylation is 1. The minimum Gasteiger partial charge on any atom is -0.481 e. The van der Waals surface area contributed by atoms with E-state index >= 15 is 0 Å². The molecule has 2 rings (SSSR count). The Morgan fingerprint density at radius 2 is 2.46 bits per heavy atom. The molecule has 1 fully saturated rings. The molecule has 13 heavy (non-hydrogen) atoms. The maximum absolute atomic E-state index is 10.9. The Morgan fingerprint density at radius 3 is 2.85 bits per heavy atom. The van der Waals surface area contributed by atoms with Gasteiger partial charge in [-0.1, -0.05) is 0 Å². The van der Waals surface area contributed by atoms with Crippen LogP contribution in [0.25, 0.3) is 0 Å². The van der Waals surface area contributed by atoms with E-state index in [2.05, 4.69) is 5.10 Å². The van der Waals surface area contributed by atoms with Crippen molar-refractivity contribution in [3.8, 4) is 0 Å². The molecular formula is C9H12N2O2. The minimum absolute atomic E-state index is 0.510. The molecule has 1 aromatic heterocycles. The van der Waals surface area contributed by atoms with Gasteiger partial charge in [0.1, 0.15) is 0 Å². The Labute approximate surface area is 76.2 Å². The molecule has 4 heteroatoms. The van der Waals surface area contributed by atoms with Gasteiger partial charge in [-0.3, -0.25) is 9.48 Å². The summed E-state index contributed by atoms with van der Waals surface area (Å²) in [4.78, 5) is 10.9. The summed E-state index contributed by atoms with van der Waals surface area (Å²) in [6, 6.07) is 0. The highest BCUT2D eigenvalue weighted by Gasteiger charge is 2.50. The van der Waals surface area contributed by atoms with Crippen molar-refractivity contribution in [1.29, 1.82) is 0 Å². The zero-order valence-electron chi connectivity index (χ0n) is 7.53. The number of rotatable bonds is 3. The van der Waals surface area contributed by atoms with Crippen molar-refractivity contribution in [2.75, 3.05) is 0 Å². The first kappa shape index (κ1) is 8.29. The van der Waals surface area contributed by atoms with Crippen LogP contribution in [0.3, 0.4) is 0 Å². The van der Waals surface area contributed by atoms with Gasteiger partial charge in [0.2, 0.25) is 0 Å². The molecule has 1 aliphatic carbocycles. The van der Waals surface area contributed by atoms with Crippen molar-refractivity contribution in [1.82, 2.24) is 9.78 Å². The summed E-state index contributed by atoms with van der Waals surface area (Å²) in [6.07, 6.45) is 5.18. The van der Waals surface area contributed by atoms with Crippen molar-refractivity contribution in [2.45, 2.75) is 26.3 Å². The standard InChI is InChI=1S/C9H12N2O2/c1-7-4-10-11(5-7)6-9(2-3-9)8(12)13/h4-5H,2-3,6H2,1H3,(H,12,13). The van der Waals surface area contributed by atoms with Gasteiger partial charge in [0.15, 0.2) is 0 Å². The quantitative estimate of drug-likeness (QED) is 0.756. The number of aliphatic carboxylic acids is 1. The average Bonchev–Trinajstić information content (AvgIpc) is 2.72. The summed E-state index contributed by atoms with van der Waals surface area (Å²) >= 11 is 0. The third kappa shape index (κ3) is 1.43. The molecule has 0 saturated heterocycles. The van der Waals surface area contributed by atoms with Gasteiger partial charge in [-0.05, 0) is 25.3 Å². The van der Waals surface area contributed by atoms with Crippen LogP contribution >= 0.6 is 0 Å². The van der Waals surface area contributed by atoms with Crippen LogP contribution in [0.1, 0.15) is 18.4 Å². The summed E-state index contributed by atoms with van der Waals surface area (Å²) in [5.41, 5.74) is 0.555. The first-order valence-corrected chi connectivity index (χ1v) is 4.35. The summed E-state index contributed by atoms with van der Waals surface area (Å²) < 4.78 is 1.72. The number of carboxylic acids is 1. The summed E-state index contributed by atoms with van der Waals surface area (Å²) in [5.74, 6) is -0.694. The topological polar surface area (TPSA) is 55.1 Å². The maximum Gasteiger partial charge on any atom is 0.311 e. The largest absolute Gasteiger partial charge is 0.481 e. The average molecular weight is 180 g/mol. The second kappa shape index (κ2) is 2.58. The van der Waals surface area contributed by atoms with Gasteiger partial charge in [0, 0.05) is 6.20 Å². The first-order chi connectivity index (χ1) is 6.12. The van der Waals surface area contributed by atoms with Crippen LogP contribution in [0.2, 0.25) is 0 Å². The van der Waals surface area contributed by atoms with Gasteiger partial charge in [-0.25, -0.2) is 0 Å². The maximum atomic E-state index is 10.9. The second-order valence-corrected chi connectivity index (χ2v) is 3.80. The van der Waals surface area contributed by atoms with Gasteiger partial charge in [0.25, 0.3) is 0 Å². The van der Waals surface area contributed by atoms with E-state index in [1.54, 1.807) is 10.9 Å². The molecular weight excluding hydrogens is 168 g/mol. The number of carbonyl (C=O) groups is 1. The van der Waals surface area contributed by atoms with E-state index in [0.29, 0.717) is 6.54 Å². The lowest BCUT2D eigenvalue weighted by atomic mass is 10.1. The highest BCUT2D eigenvalue weighted by molar-refractivity contribution is 5.77. The van der Waals surface area contributed by atoms with E-state index in [1.807, 2.05) is 13.1 Å². The van der Waals surface area contributed by atoms with Gasteiger partial charge >= 0.3 is 5.97 Å². The van der Waals surface area contributed by atoms with Crippen LogP contribution in [-0.4, -0.2) is 20.9 Å². The Kier molecular flexibility index (Phi) is 1.65. The molecule has 0 aromatic carbocycles. The molecule has 0 bridgehead atoms. The fourth-order valence-corrected chi connectivity index (χ4v) is 1.45. The molecule has 1 saturated carbocycles. The van der Waals surface area contributed by atoms with Crippen molar-refractivity contribution < 1.29 is 9.90 Å². The van der Waals surface area contributed by atoms with Crippen LogP contribution in [0.4, 0.5) is 0 Å². The number of aromatic nitrogens is 2. The third-order valence-corrected chi connectivity index (χ3v) is 2.53. The second-order valence-electron chi connectivity index (χ2n) is 3.80. The Hall–Kier alpha value is -1.32. The van der Waals surface area contributed by atoms with E-state index in [9.17, 15) is 4.79 Å². The van der Waals surface area contributed by atoms with Crippen molar-refractivity contribution >= 4 is 5.97 Å². The monoisotopic (exact) mass is 180 g/mol. The van der Waals surface area contributed by atoms with E-state index in [0.717, 1.165) is 18.4 Å². The van der Waals surface area contributed by atoms with Crippen LogP contribution in [0.5, 0.6) is 0 Å². The van der Waals surface area contributed by atoms with Gasteiger partial charge in [0.05, 0.1) is 18.2 Å². The smallest absolute Gasteiger partial charge is 0.311 e. The first-order valence-electron chi connectivity index (χ1n) is 4.35. The van der Waals surface area contributed by atoms with Crippen molar-refractivity contribution in [3.05, 3.63) is 18.0 Å². The fraction of sp³-hybridized carbons (Fsp3) is 0.556. The number of hydrogen-bond acceptors (Lipinski definition) is 2. The molecule has 0 aliphatic heterocycles. The van der Waals surface area contributed by atoms with E-state index in [1.165, 1.54) is 0 Å². The van der Waals surface area contributed by atoms with Gasteiger partial charge in [-0.2, -0.15) is 5.10 Å². The highest BCUT2D eigenvalue weighted by atomic mass is 16.4. The summed E-state index contributed by atoms with van der Waals surface area (Å²) in [7, 11) is 0. The molecule has 0 unspecified atom stereocenters. The lowest BCUT2D eigenvalue weighted by Gasteiger charge is -2.08. The van der Waals surface area contributed by atoms with E-state index in [-0.39, 0.29) is 0 Å². The third-order valence-electron chi connectivity index (χ3n) is 2.53. The Balaban J connectivity index is 2.10. The van der Waals surface area contributed by atoms with E-state index in [4.69, 9.17) is 5.11 Å². The number of hydrogen-bond donors (Lipinski definition) is 1. The molecule has 70 valence electrons. The normalized spacial score (nSPS) is 18.5. The molecule has 0 amide bonds. The zero-order valence-corrected chi connectivity index (χ0v) is 7.53. The Morgan fingerprint density at radius 1 is 1.77 bits per heavy atom. The van der Waals surface area contributed by atoms with Crippen LogP contribution in [0.15, 0.2) is 12.4 Å². The summed E-state index contributed by atoms with van der Waals surface area (Å²) in [6.45, 7) is 2.46. The molecule has 1 aliphatic rings. The molecule has 1 aromatic rings.